The van der Waals surface area contributed by atoms with Gasteiger partial charge >= 0.3 is 11.8 Å². The lowest BCUT2D eigenvalue weighted by Gasteiger charge is -2.36. The van der Waals surface area contributed by atoms with E-state index in [1.807, 2.05) is 6.07 Å². The van der Waals surface area contributed by atoms with E-state index in [2.05, 4.69) is 22.1 Å². The molecule has 0 spiro atoms. The van der Waals surface area contributed by atoms with Crippen LogP contribution in [0.2, 0.25) is 5.02 Å². The molecule has 2 amide bonds. The summed E-state index contributed by atoms with van der Waals surface area (Å²) < 4.78 is 0. The summed E-state index contributed by atoms with van der Waals surface area (Å²) in [5, 5.41) is 7.87. The molecule has 2 aromatic rings. The van der Waals surface area contributed by atoms with Gasteiger partial charge in [0.1, 0.15) is 0 Å². The van der Waals surface area contributed by atoms with E-state index in [1.165, 1.54) is 11.3 Å². The van der Waals surface area contributed by atoms with Crippen molar-refractivity contribution in [1.82, 2.24) is 5.32 Å². The number of rotatable bonds is 4. The number of carbonyl (C=O) groups is 2. The van der Waals surface area contributed by atoms with Crippen LogP contribution in [0.3, 0.4) is 0 Å². The first-order valence-electron chi connectivity index (χ1n) is 8.48. The van der Waals surface area contributed by atoms with E-state index in [1.54, 1.807) is 35.6 Å². The molecule has 6 heteroatoms. The molecule has 0 unspecified atom stereocenters. The van der Waals surface area contributed by atoms with Crippen molar-refractivity contribution in [2.24, 2.45) is 0 Å². The number of hydrogen-bond acceptors (Lipinski definition) is 3. The Labute approximate surface area is 156 Å². The van der Waals surface area contributed by atoms with E-state index in [4.69, 9.17) is 11.6 Å². The first-order chi connectivity index (χ1) is 12.1. The van der Waals surface area contributed by atoms with E-state index >= 15 is 0 Å². The highest BCUT2D eigenvalue weighted by Crippen LogP contribution is 2.41. The van der Waals surface area contributed by atoms with Gasteiger partial charge in [-0.15, -0.1) is 11.3 Å². The molecule has 1 aliphatic rings. The average Bonchev–Trinajstić information content (AvgIpc) is 3.18. The average molecular weight is 377 g/mol. The second-order valence-electron chi connectivity index (χ2n) is 6.43. The molecule has 1 aromatic heterocycles. The zero-order valence-electron chi connectivity index (χ0n) is 13.9. The first kappa shape index (κ1) is 18.0. The number of hydrogen-bond donors (Lipinski definition) is 2. The highest BCUT2D eigenvalue weighted by atomic mass is 35.5. The van der Waals surface area contributed by atoms with Crippen LogP contribution >= 0.6 is 22.9 Å². The number of anilines is 1. The van der Waals surface area contributed by atoms with Gasteiger partial charge in [0.15, 0.2) is 0 Å². The molecule has 1 saturated carbocycles. The Morgan fingerprint density at radius 2 is 1.80 bits per heavy atom. The van der Waals surface area contributed by atoms with E-state index in [-0.39, 0.29) is 5.41 Å². The van der Waals surface area contributed by atoms with E-state index in [0.717, 1.165) is 25.7 Å². The van der Waals surface area contributed by atoms with Gasteiger partial charge in [-0.2, -0.15) is 0 Å². The van der Waals surface area contributed by atoms with Gasteiger partial charge < -0.3 is 10.6 Å². The Morgan fingerprint density at radius 3 is 2.48 bits per heavy atom. The number of nitrogens with one attached hydrogen (secondary N) is 2. The maximum absolute atomic E-state index is 12.3. The molecule has 4 nitrogen and oxygen atoms in total. The molecule has 132 valence electrons. The van der Waals surface area contributed by atoms with Gasteiger partial charge in [0, 0.05) is 16.8 Å². The number of amides is 2. The number of halogens is 1. The van der Waals surface area contributed by atoms with Crippen LogP contribution < -0.4 is 10.6 Å². The summed E-state index contributed by atoms with van der Waals surface area (Å²) in [6, 6.07) is 11.0. The van der Waals surface area contributed by atoms with Crippen molar-refractivity contribution in [3.05, 3.63) is 51.7 Å². The van der Waals surface area contributed by atoms with E-state index in [9.17, 15) is 9.59 Å². The van der Waals surface area contributed by atoms with Crippen molar-refractivity contribution in [3.8, 4) is 0 Å². The van der Waals surface area contributed by atoms with Crippen LogP contribution in [0.4, 0.5) is 5.69 Å². The predicted octanol–water partition coefficient (Wildman–Crippen LogP) is 4.36. The minimum Gasteiger partial charge on any atom is -0.347 e. The molecule has 0 radical (unpaired) electrons. The van der Waals surface area contributed by atoms with E-state index in [0.29, 0.717) is 17.3 Å². The SMILES string of the molecule is O=C(NCC1(c2cccs2)CCCCC1)C(=O)Nc1ccccc1Cl. The third-order valence-corrected chi connectivity index (χ3v) is 6.22. The van der Waals surface area contributed by atoms with Crippen molar-refractivity contribution >= 4 is 40.4 Å². The fourth-order valence-electron chi connectivity index (χ4n) is 3.39. The summed E-state index contributed by atoms with van der Waals surface area (Å²) in [5.74, 6) is -1.31. The second kappa shape index (κ2) is 8.02. The fourth-order valence-corrected chi connectivity index (χ4v) is 4.56. The highest BCUT2D eigenvalue weighted by molar-refractivity contribution is 7.10. The van der Waals surface area contributed by atoms with Crippen LogP contribution in [-0.2, 0) is 15.0 Å². The standard InChI is InChI=1S/C19H21ClN2O2S/c20-14-7-2-3-8-15(14)22-18(24)17(23)21-13-19(10-4-1-5-11-19)16-9-6-12-25-16/h2-3,6-9,12H,1,4-5,10-11,13H2,(H,21,23)(H,22,24). The van der Waals surface area contributed by atoms with Gasteiger partial charge in [0.05, 0.1) is 10.7 Å². The van der Waals surface area contributed by atoms with Gasteiger partial charge in [-0.25, -0.2) is 0 Å². The third-order valence-electron chi connectivity index (χ3n) is 4.77. The number of carbonyl (C=O) groups excluding carboxylic acids is 2. The monoisotopic (exact) mass is 376 g/mol. The van der Waals surface area contributed by atoms with Gasteiger partial charge in [0.25, 0.3) is 0 Å². The molecular formula is C19H21ClN2O2S. The summed E-state index contributed by atoms with van der Waals surface area (Å²) in [4.78, 5) is 25.7. The molecule has 1 heterocycles. The van der Waals surface area contributed by atoms with Crippen molar-refractivity contribution in [3.63, 3.8) is 0 Å². The predicted molar refractivity (Wildman–Crippen MR) is 102 cm³/mol. The molecule has 2 N–H and O–H groups in total. The highest BCUT2D eigenvalue weighted by Gasteiger charge is 2.35. The van der Waals surface area contributed by atoms with Crippen LogP contribution in [0.15, 0.2) is 41.8 Å². The molecule has 0 aliphatic heterocycles. The van der Waals surface area contributed by atoms with Crippen molar-refractivity contribution in [2.75, 3.05) is 11.9 Å². The van der Waals surface area contributed by atoms with Gasteiger partial charge in [-0.1, -0.05) is 49.1 Å². The minimum absolute atomic E-state index is 0.0489. The number of thiophene rings is 1. The quantitative estimate of drug-likeness (QED) is 0.779. The molecule has 0 bridgehead atoms. The Kier molecular flexibility index (Phi) is 5.76. The lowest BCUT2D eigenvalue weighted by atomic mass is 9.73. The van der Waals surface area contributed by atoms with Gasteiger partial charge in [-0.05, 0) is 36.4 Å². The molecule has 0 atom stereocenters. The van der Waals surface area contributed by atoms with Gasteiger partial charge in [0.2, 0.25) is 0 Å². The molecule has 3 rings (SSSR count). The summed E-state index contributed by atoms with van der Waals surface area (Å²) in [5.41, 5.74) is 0.391. The summed E-state index contributed by atoms with van der Waals surface area (Å²) in [6.45, 7) is 0.488. The third kappa shape index (κ3) is 4.22. The van der Waals surface area contributed by atoms with Crippen LogP contribution in [0, 0.1) is 0 Å². The Balaban J connectivity index is 1.64. The molecule has 25 heavy (non-hydrogen) atoms. The zero-order chi connectivity index (χ0) is 17.7. The zero-order valence-corrected chi connectivity index (χ0v) is 15.5. The van der Waals surface area contributed by atoms with E-state index < -0.39 is 11.8 Å². The maximum Gasteiger partial charge on any atom is 0.313 e. The molecular weight excluding hydrogens is 356 g/mol. The first-order valence-corrected chi connectivity index (χ1v) is 9.74. The smallest absolute Gasteiger partial charge is 0.313 e. The largest absolute Gasteiger partial charge is 0.347 e. The van der Waals surface area contributed by atoms with Crippen molar-refractivity contribution in [1.29, 1.82) is 0 Å². The van der Waals surface area contributed by atoms with Crippen molar-refractivity contribution < 1.29 is 9.59 Å². The van der Waals surface area contributed by atoms with Crippen LogP contribution in [0.1, 0.15) is 37.0 Å². The summed E-state index contributed by atoms with van der Waals surface area (Å²) in [6.07, 6.45) is 5.62. The fraction of sp³-hybridized carbons (Fsp3) is 0.368. The lowest BCUT2D eigenvalue weighted by molar-refractivity contribution is -0.136. The Hall–Kier alpha value is -1.85. The van der Waals surface area contributed by atoms with Gasteiger partial charge in [-0.3, -0.25) is 9.59 Å². The van der Waals surface area contributed by atoms with Crippen LogP contribution in [0.5, 0.6) is 0 Å². The topological polar surface area (TPSA) is 58.2 Å². The molecule has 1 fully saturated rings. The lowest BCUT2D eigenvalue weighted by Crippen LogP contribution is -2.45. The Bertz CT molecular complexity index is 740. The molecule has 1 aliphatic carbocycles. The molecule has 0 saturated heterocycles. The number of benzene rings is 1. The van der Waals surface area contributed by atoms with Crippen molar-refractivity contribution in [2.45, 2.75) is 37.5 Å². The minimum atomic E-state index is -0.690. The second-order valence-corrected chi connectivity index (χ2v) is 7.79. The summed E-state index contributed by atoms with van der Waals surface area (Å²) >= 11 is 7.74. The molecule has 1 aromatic carbocycles. The number of para-hydroxylation sites is 1. The van der Waals surface area contributed by atoms with Crippen LogP contribution in [-0.4, -0.2) is 18.4 Å². The summed E-state index contributed by atoms with van der Waals surface area (Å²) in [7, 11) is 0. The van der Waals surface area contributed by atoms with Crippen LogP contribution in [0.25, 0.3) is 0 Å². The maximum atomic E-state index is 12.3. The Morgan fingerprint density at radius 1 is 1.04 bits per heavy atom. The normalized spacial score (nSPS) is 16.2.